The van der Waals surface area contributed by atoms with Crippen LogP contribution in [0.25, 0.3) is 0 Å². The summed E-state index contributed by atoms with van der Waals surface area (Å²) in [6.45, 7) is 1.94. The van der Waals surface area contributed by atoms with Crippen molar-refractivity contribution in [3.63, 3.8) is 0 Å². The maximum absolute atomic E-state index is 12.3. The summed E-state index contributed by atoms with van der Waals surface area (Å²) >= 11 is 6.02. The Bertz CT molecular complexity index is 399. The third-order valence-electron chi connectivity index (χ3n) is 2.91. The van der Waals surface area contributed by atoms with Gasteiger partial charge in [-0.2, -0.15) is 5.10 Å². The molecule has 2 rings (SSSR count). The van der Waals surface area contributed by atoms with E-state index in [1.165, 1.54) is 6.20 Å². The molecular formula is C11H16ClN3O2. The average Bonchev–Trinajstić information content (AvgIpc) is 2.95. The Morgan fingerprint density at radius 2 is 2.59 bits per heavy atom. The highest BCUT2D eigenvalue weighted by molar-refractivity contribution is 6.33. The van der Waals surface area contributed by atoms with Gasteiger partial charge in [0.25, 0.3) is 0 Å². The van der Waals surface area contributed by atoms with E-state index in [0.717, 1.165) is 19.4 Å². The van der Waals surface area contributed by atoms with Crippen LogP contribution >= 0.6 is 11.6 Å². The third kappa shape index (κ3) is 2.68. The standard InChI is InChI=1S/C11H16ClN3O2/c1-17-6-5-15-10(8(12)7-14-15)11(16)9-3-2-4-13-9/h7,9,13H,2-6H2,1H3. The lowest BCUT2D eigenvalue weighted by molar-refractivity contribution is 0.0938. The second-order valence-corrected chi connectivity index (χ2v) is 4.48. The minimum atomic E-state index is -0.120. The molecule has 0 aromatic carbocycles. The summed E-state index contributed by atoms with van der Waals surface area (Å²) in [6.07, 6.45) is 3.41. The van der Waals surface area contributed by atoms with Gasteiger partial charge in [-0.3, -0.25) is 9.48 Å². The smallest absolute Gasteiger partial charge is 0.199 e. The maximum Gasteiger partial charge on any atom is 0.199 e. The van der Waals surface area contributed by atoms with Gasteiger partial charge in [0.2, 0.25) is 0 Å². The van der Waals surface area contributed by atoms with Crippen LogP contribution in [-0.4, -0.2) is 41.9 Å². The lowest BCUT2D eigenvalue weighted by Crippen LogP contribution is -2.32. The summed E-state index contributed by atoms with van der Waals surface area (Å²) in [4.78, 5) is 12.3. The fourth-order valence-electron chi connectivity index (χ4n) is 2.03. The lowest BCUT2D eigenvalue weighted by atomic mass is 10.1. The van der Waals surface area contributed by atoms with Gasteiger partial charge in [0.05, 0.1) is 30.4 Å². The third-order valence-corrected chi connectivity index (χ3v) is 3.19. The average molecular weight is 258 g/mol. The number of ether oxygens (including phenoxy) is 1. The Labute approximate surface area is 105 Å². The summed E-state index contributed by atoms with van der Waals surface area (Å²) in [5, 5.41) is 7.69. The first kappa shape index (κ1) is 12.5. The van der Waals surface area contributed by atoms with Crippen molar-refractivity contribution in [3.8, 4) is 0 Å². The number of rotatable bonds is 5. The van der Waals surface area contributed by atoms with Gasteiger partial charge in [-0.15, -0.1) is 0 Å². The molecular weight excluding hydrogens is 242 g/mol. The van der Waals surface area contributed by atoms with Crippen molar-refractivity contribution in [2.75, 3.05) is 20.3 Å². The van der Waals surface area contributed by atoms with Crippen LogP contribution in [0.4, 0.5) is 0 Å². The molecule has 1 aliphatic heterocycles. The normalized spacial score (nSPS) is 19.8. The molecule has 0 spiro atoms. The Morgan fingerprint density at radius 3 is 3.24 bits per heavy atom. The van der Waals surface area contributed by atoms with E-state index >= 15 is 0 Å². The van der Waals surface area contributed by atoms with Crippen LogP contribution in [-0.2, 0) is 11.3 Å². The summed E-state index contributed by atoms with van der Waals surface area (Å²) in [5.41, 5.74) is 0.489. The van der Waals surface area contributed by atoms with Crippen molar-refractivity contribution in [1.29, 1.82) is 0 Å². The van der Waals surface area contributed by atoms with Crippen LogP contribution in [0.3, 0.4) is 0 Å². The second-order valence-electron chi connectivity index (χ2n) is 4.07. The lowest BCUT2D eigenvalue weighted by Gasteiger charge is -2.11. The SMILES string of the molecule is COCCn1ncc(Cl)c1C(=O)C1CCCN1. The topological polar surface area (TPSA) is 56.2 Å². The van der Waals surface area contributed by atoms with Crippen molar-refractivity contribution >= 4 is 17.4 Å². The zero-order chi connectivity index (χ0) is 12.3. The number of hydrogen-bond acceptors (Lipinski definition) is 4. The number of ketones is 1. The molecule has 0 bridgehead atoms. The molecule has 1 atom stereocenters. The van der Waals surface area contributed by atoms with Crippen molar-refractivity contribution < 1.29 is 9.53 Å². The van der Waals surface area contributed by atoms with Gasteiger partial charge >= 0.3 is 0 Å². The minimum absolute atomic E-state index is 0.0288. The molecule has 1 N–H and O–H groups in total. The molecule has 1 aromatic heterocycles. The van der Waals surface area contributed by atoms with Crippen LogP contribution in [0.1, 0.15) is 23.3 Å². The van der Waals surface area contributed by atoms with Gasteiger partial charge in [0.15, 0.2) is 5.78 Å². The monoisotopic (exact) mass is 257 g/mol. The number of Topliss-reactive ketones (excluding diaryl/α,β-unsaturated/α-hetero) is 1. The number of hydrogen-bond donors (Lipinski definition) is 1. The molecule has 0 saturated carbocycles. The molecule has 6 heteroatoms. The first-order chi connectivity index (χ1) is 8.24. The van der Waals surface area contributed by atoms with Gasteiger partial charge in [0, 0.05) is 7.11 Å². The highest BCUT2D eigenvalue weighted by Gasteiger charge is 2.27. The van der Waals surface area contributed by atoms with Crippen LogP contribution in [0, 0.1) is 0 Å². The van der Waals surface area contributed by atoms with Crippen LogP contribution in [0.15, 0.2) is 6.20 Å². The Balaban J connectivity index is 2.17. The van der Waals surface area contributed by atoms with E-state index in [1.54, 1.807) is 11.8 Å². The van der Waals surface area contributed by atoms with E-state index in [0.29, 0.717) is 23.9 Å². The molecule has 5 nitrogen and oxygen atoms in total. The van der Waals surface area contributed by atoms with E-state index in [1.807, 2.05) is 0 Å². The number of carbonyl (C=O) groups is 1. The fourth-order valence-corrected chi connectivity index (χ4v) is 2.26. The number of carbonyl (C=O) groups excluding carboxylic acids is 1. The van der Waals surface area contributed by atoms with Crippen molar-refractivity contribution in [3.05, 3.63) is 16.9 Å². The summed E-state index contributed by atoms with van der Waals surface area (Å²) in [7, 11) is 1.62. The van der Waals surface area contributed by atoms with Crippen LogP contribution in [0.2, 0.25) is 5.02 Å². The van der Waals surface area contributed by atoms with E-state index in [2.05, 4.69) is 10.4 Å². The molecule has 0 aliphatic carbocycles. The molecule has 17 heavy (non-hydrogen) atoms. The molecule has 1 fully saturated rings. The maximum atomic E-state index is 12.3. The molecule has 0 radical (unpaired) electrons. The first-order valence-corrected chi connectivity index (χ1v) is 6.09. The van der Waals surface area contributed by atoms with Gasteiger partial charge in [-0.05, 0) is 19.4 Å². The molecule has 94 valence electrons. The van der Waals surface area contributed by atoms with E-state index in [9.17, 15) is 4.79 Å². The summed E-state index contributed by atoms with van der Waals surface area (Å²) in [6, 6.07) is -0.120. The van der Waals surface area contributed by atoms with Gasteiger partial charge in [-0.1, -0.05) is 11.6 Å². The molecule has 1 saturated heterocycles. The molecule has 2 heterocycles. The number of aromatic nitrogens is 2. The van der Waals surface area contributed by atoms with E-state index in [-0.39, 0.29) is 11.8 Å². The zero-order valence-electron chi connectivity index (χ0n) is 9.78. The van der Waals surface area contributed by atoms with Crippen molar-refractivity contribution in [2.24, 2.45) is 0 Å². The second kappa shape index (κ2) is 5.62. The molecule has 1 aliphatic rings. The number of methoxy groups -OCH3 is 1. The zero-order valence-corrected chi connectivity index (χ0v) is 10.5. The van der Waals surface area contributed by atoms with Gasteiger partial charge in [-0.25, -0.2) is 0 Å². The highest BCUT2D eigenvalue weighted by atomic mass is 35.5. The summed E-state index contributed by atoms with van der Waals surface area (Å²) < 4.78 is 6.60. The van der Waals surface area contributed by atoms with Crippen molar-refractivity contribution in [2.45, 2.75) is 25.4 Å². The molecule has 1 unspecified atom stereocenters. The predicted molar refractivity (Wildman–Crippen MR) is 64.5 cm³/mol. The summed E-state index contributed by atoms with van der Waals surface area (Å²) in [5.74, 6) is 0.0288. The predicted octanol–water partition coefficient (Wildman–Crippen LogP) is 1.12. The van der Waals surface area contributed by atoms with Crippen LogP contribution in [0.5, 0.6) is 0 Å². The van der Waals surface area contributed by atoms with Crippen LogP contribution < -0.4 is 5.32 Å². The minimum Gasteiger partial charge on any atom is -0.383 e. The molecule has 1 aromatic rings. The Morgan fingerprint density at radius 1 is 1.76 bits per heavy atom. The van der Waals surface area contributed by atoms with E-state index in [4.69, 9.17) is 16.3 Å². The first-order valence-electron chi connectivity index (χ1n) is 5.72. The largest absolute Gasteiger partial charge is 0.383 e. The Hall–Kier alpha value is -0.910. The number of nitrogens with one attached hydrogen (secondary N) is 1. The quantitative estimate of drug-likeness (QED) is 0.803. The van der Waals surface area contributed by atoms with Gasteiger partial charge < -0.3 is 10.1 Å². The Kier molecular flexibility index (Phi) is 4.15. The van der Waals surface area contributed by atoms with Crippen molar-refractivity contribution in [1.82, 2.24) is 15.1 Å². The number of halogens is 1. The van der Waals surface area contributed by atoms with E-state index < -0.39 is 0 Å². The number of nitrogens with zero attached hydrogens (tertiary/aromatic N) is 2. The molecule has 0 amide bonds. The fraction of sp³-hybridized carbons (Fsp3) is 0.636. The highest BCUT2D eigenvalue weighted by Crippen LogP contribution is 2.20. The van der Waals surface area contributed by atoms with Gasteiger partial charge in [0.1, 0.15) is 5.69 Å².